The topological polar surface area (TPSA) is 144 Å². The number of hydrogen-bond acceptors (Lipinski definition) is 9. The van der Waals surface area contributed by atoms with Crippen LogP contribution in [0.4, 0.5) is 0 Å². The maximum atomic E-state index is 13.6. The molecular weight excluding hydrogens is 683 g/mol. The van der Waals surface area contributed by atoms with E-state index in [9.17, 15) is 24.6 Å². The molecular formula is C32H39IN2O9. The highest BCUT2D eigenvalue weighted by molar-refractivity contribution is 14.1. The highest BCUT2D eigenvalue weighted by atomic mass is 127. The predicted molar refractivity (Wildman–Crippen MR) is 172 cm³/mol. The summed E-state index contributed by atoms with van der Waals surface area (Å²) in [6.45, 7) is 3.71. The van der Waals surface area contributed by atoms with Crippen molar-refractivity contribution in [1.29, 1.82) is 0 Å². The van der Waals surface area contributed by atoms with Crippen LogP contribution in [0.2, 0.25) is 0 Å². The summed E-state index contributed by atoms with van der Waals surface area (Å²) in [5.74, 6) is 1.13. The molecule has 0 saturated carbocycles. The van der Waals surface area contributed by atoms with Crippen molar-refractivity contribution in [2.75, 3.05) is 41.0 Å². The van der Waals surface area contributed by atoms with Crippen molar-refractivity contribution < 1.29 is 43.5 Å². The van der Waals surface area contributed by atoms with Crippen LogP contribution in [-0.2, 0) is 16.0 Å². The van der Waals surface area contributed by atoms with Crippen molar-refractivity contribution in [2.45, 2.75) is 43.9 Å². The van der Waals surface area contributed by atoms with Crippen molar-refractivity contribution in [2.24, 2.45) is 0 Å². The van der Waals surface area contributed by atoms with E-state index in [0.717, 1.165) is 5.56 Å². The van der Waals surface area contributed by atoms with Crippen LogP contribution in [0.25, 0.3) is 0 Å². The van der Waals surface area contributed by atoms with Crippen LogP contribution < -0.4 is 24.3 Å². The molecule has 44 heavy (non-hydrogen) atoms. The molecule has 0 spiro atoms. The standard InChI is InChI=1S/C32H39IN2O9/c1-5-6-7-29(38)35(12-10-21-16-23(41-2)8-9-26(21)42-3)25-17-22(32(40)34-11-13-36)18-27(30(25)39)44-31-24(33)14-20(19-37)15-28(31)43-4/h5,8-9,14-16,18-19,25,27,30,36,39H,1,6-7,10-13,17H2,2-4H3,(H,34,40). The summed E-state index contributed by atoms with van der Waals surface area (Å²) in [7, 11) is 4.56. The lowest BCUT2D eigenvalue weighted by Gasteiger charge is -2.41. The van der Waals surface area contributed by atoms with E-state index in [-0.39, 0.29) is 55.5 Å². The van der Waals surface area contributed by atoms with Gasteiger partial charge in [-0.2, -0.15) is 0 Å². The van der Waals surface area contributed by atoms with Crippen LogP contribution >= 0.6 is 22.6 Å². The summed E-state index contributed by atoms with van der Waals surface area (Å²) in [4.78, 5) is 39.8. The zero-order valence-corrected chi connectivity index (χ0v) is 27.2. The van der Waals surface area contributed by atoms with E-state index in [1.165, 1.54) is 19.3 Å². The number of nitrogens with zero attached hydrogens (tertiary/aromatic N) is 1. The van der Waals surface area contributed by atoms with Gasteiger partial charge in [0, 0.05) is 37.1 Å². The molecule has 238 valence electrons. The lowest BCUT2D eigenvalue weighted by Crippen LogP contribution is -2.55. The van der Waals surface area contributed by atoms with Crippen LogP contribution in [0.3, 0.4) is 0 Å². The zero-order valence-electron chi connectivity index (χ0n) is 25.1. The number of halogens is 1. The van der Waals surface area contributed by atoms with Gasteiger partial charge in [-0.1, -0.05) is 6.08 Å². The van der Waals surface area contributed by atoms with Gasteiger partial charge >= 0.3 is 0 Å². The van der Waals surface area contributed by atoms with Crippen LogP contribution in [0, 0.1) is 3.57 Å². The van der Waals surface area contributed by atoms with E-state index in [0.29, 0.717) is 39.8 Å². The molecule has 0 fully saturated rings. The van der Waals surface area contributed by atoms with Crippen molar-refractivity contribution in [1.82, 2.24) is 10.2 Å². The number of nitrogens with one attached hydrogen (secondary N) is 1. The fourth-order valence-electron chi connectivity index (χ4n) is 5.00. The molecule has 3 rings (SSSR count). The first kappa shape index (κ1) is 34.9. The number of carbonyl (C=O) groups is 3. The maximum absolute atomic E-state index is 13.6. The van der Waals surface area contributed by atoms with Gasteiger partial charge in [0.15, 0.2) is 11.5 Å². The first-order chi connectivity index (χ1) is 21.2. The van der Waals surface area contributed by atoms with Crippen molar-refractivity contribution in [3.63, 3.8) is 0 Å². The molecule has 1 aliphatic carbocycles. The molecule has 3 N–H and O–H groups in total. The van der Waals surface area contributed by atoms with Gasteiger partial charge in [-0.3, -0.25) is 14.4 Å². The fourth-order valence-corrected chi connectivity index (χ4v) is 5.75. The number of amides is 2. The monoisotopic (exact) mass is 722 g/mol. The summed E-state index contributed by atoms with van der Waals surface area (Å²) >= 11 is 2.01. The number of rotatable bonds is 16. The minimum Gasteiger partial charge on any atom is -0.497 e. The number of carbonyl (C=O) groups excluding carboxylic acids is 3. The SMILES string of the molecule is C=CCCC(=O)N(CCc1cc(OC)ccc1OC)C1CC(C(=O)NCCO)=CC(Oc2c(I)cc(C=O)cc2OC)C1O. The van der Waals surface area contributed by atoms with Gasteiger partial charge < -0.3 is 39.4 Å². The van der Waals surface area contributed by atoms with Crippen molar-refractivity contribution in [3.05, 3.63) is 69.3 Å². The van der Waals surface area contributed by atoms with E-state index < -0.39 is 24.2 Å². The molecule has 1 aliphatic rings. The lowest BCUT2D eigenvalue weighted by molar-refractivity contribution is -0.138. The molecule has 3 atom stereocenters. The summed E-state index contributed by atoms with van der Waals surface area (Å²) in [5, 5.41) is 23.7. The molecule has 0 aliphatic heterocycles. The number of ether oxygens (including phenoxy) is 4. The van der Waals surface area contributed by atoms with Gasteiger partial charge in [0.1, 0.15) is 30.0 Å². The fraction of sp³-hybridized carbons (Fsp3) is 0.406. The molecule has 2 aromatic rings. The third-order valence-corrected chi connectivity index (χ3v) is 8.05. The molecule has 2 aromatic carbocycles. The molecule has 11 nitrogen and oxygen atoms in total. The highest BCUT2D eigenvalue weighted by Gasteiger charge is 2.40. The molecule has 0 heterocycles. The maximum Gasteiger partial charge on any atom is 0.247 e. The Balaban J connectivity index is 2.03. The van der Waals surface area contributed by atoms with Gasteiger partial charge in [-0.05, 0) is 77.4 Å². The lowest BCUT2D eigenvalue weighted by atomic mass is 9.87. The van der Waals surface area contributed by atoms with Crippen LogP contribution in [0.15, 0.2) is 54.6 Å². The Morgan fingerprint density at radius 3 is 2.52 bits per heavy atom. The smallest absolute Gasteiger partial charge is 0.247 e. The number of hydrogen-bond donors (Lipinski definition) is 3. The Kier molecular flexibility index (Phi) is 13.5. The first-order valence-corrected chi connectivity index (χ1v) is 15.2. The molecule has 0 radical (unpaired) electrons. The quantitative estimate of drug-likeness (QED) is 0.135. The number of allylic oxidation sites excluding steroid dienone is 1. The second-order valence-electron chi connectivity index (χ2n) is 10.0. The van der Waals surface area contributed by atoms with Gasteiger partial charge in [0.05, 0.1) is 37.5 Å². The largest absolute Gasteiger partial charge is 0.497 e. The second kappa shape index (κ2) is 17.0. The third kappa shape index (κ3) is 8.73. The summed E-state index contributed by atoms with van der Waals surface area (Å²) in [6, 6.07) is 7.69. The summed E-state index contributed by atoms with van der Waals surface area (Å²) in [6.07, 6.45) is 2.57. The number of methoxy groups -OCH3 is 3. The van der Waals surface area contributed by atoms with Crippen molar-refractivity contribution >= 4 is 40.7 Å². The molecule has 2 amide bonds. The van der Waals surface area contributed by atoms with Crippen molar-refractivity contribution in [3.8, 4) is 23.0 Å². The Bertz CT molecular complexity index is 1360. The van der Waals surface area contributed by atoms with Gasteiger partial charge in [-0.25, -0.2) is 0 Å². The Morgan fingerprint density at radius 1 is 1.14 bits per heavy atom. The van der Waals surface area contributed by atoms with E-state index >= 15 is 0 Å². The average molecular weight is 723 g/mol. The zero-order chi connectivity index (χ0) is 32.2. The van der Waals surface area contributed by atoms with Crippen LogP contribution in [-0.4, -0.2) is 92.5 Å². The molecule has 0 aromatic heterocycles. The van der Waals surface area contributed by atoms with E-state index in [2.05, 4.69) is 11.9 Å². The van der Waals surface area contributed by atoms with Crippen LogP contribution in [0.1, 0.15) is 35.2 Å². The van der Waals surface area contributed by atoms with E-state index in [1.807, 2.05) is 28.7 Å². The van der Waals surface area contributed by atoms with Gasteiger partial charge in [0.25, 0.3) is 0 Å². The molecule has 12 heteroatoms. The van der Waals surface area contributed by atoms with Gasteiger partial charge in [0.2, 0.25) is 11.8 Å². The highest BCUT2D eigenvalue weighted by Crippen LogP contribution is 2.37. The predicted octanol–water partition coefficient (Wildman–Crippen LogP) is 3.08. The number of aliphatic hydroxyl groups excluding tert-OH is 2. The molecule has 3 unspecified atom stereocenters. The Labute approximate surface area is 271 Å². The third-order valence-electron chi connectivity index (χ3n) is 7.25. The Morgan fingerprint density at radius 2 is 1.89 bits per heavy atom. The van der Waals surface area contributed by atoms with E-state index in [1.54, 1.807) is 43.4 Å². The number of aldehydes is 1. The summed E-state index contributed by atoms with van der Waals surface area (Å²) in [5.41, 5.74) is 1.47. The number of benzene rings is 2. The normalized spacial score (nSPS) is 17.6. The average Bonchev–Trinajstić information content (AvgIpc) is 3.04. The van der Waals surface area contributed by atoms with Gasteiger partial charge in [-0.15, -0.1) is 6.58 Å². The minimum absolute atomic E-state index is 0.0331. The van der Waals surface area contributed by atoms with E-state index in [4.69, 9.17) is 18.9 Å². The Hall–Kier alpha value is -3.62. The minimum atomic E-state index is -1.24. The summed E-state index contributed by atoms with van der Waals surface area (Å²) < 4.78 is 23.2. The van der Waals surface area contributed by atoms with Crippen LogP contribution in [0.5, 0.6) is 23.0 Å². The first-order valence-electron chi connectivity index (χ1n) is 14.1. The molecule has 0 saturated heterocycles. The molecule has 0 bridgehead atoms. The number of aliphatic hydroxyl groups is 2. The second-order valence-corrected chi connectivity index (χ2v) is 11.2.